The molecule has 1 aliphatic heterocycles. The van der Waals surface area contributed by atoms with Crippen LogP contribution in [0.1, 0.15) is 18.5 Å². The first-order valence-electron chi connectivity index (χ1n) is 6.49. The summed E-state index contributed by atoms with van der Waals surface area (Å²) < 4.78 is 3.54. The van der Waals surface area contributed by atoms with E-state index in [4.69, 9.17) is 0 Å². The Labute approximate surface area is 112 Å². The van der Waals surface area contributed by atoms with Crippen molar-refractivity contribution in [1.29, 1.82) is 0 Å². The molecule has 20 heavy (non-hydrogen) atoms. The van der Waals surface area contributed by atoms with Crippen molar-refractivity contribution in [3.8, 4) is 5.69 Å². The Morgan fingerprint density at radius 3 is 2.35 bits per heavy atom. The molecule has 7 heteroatoms. The molecule has 2 aliphatic rings. The van der Waals surface area contributed by atoms with Crippen LogP contribution in [0.3, 0.4) is 0 Å². The van der Waals surface area contributed by atoms with Gasteiger partial charge in [-0.15, -0.1) is 0 Å². The Balaban J connectivity index is 2.01. The third-order valence-corrected chi connectivity index (χ3v) is 4.24. The van der Waals surface area contributed by atoms with Gasteiger partial charge < -0.3 is 10.2 Å². The smallest absolute Gasteiger partial charge is 0.352 e. The summed E-state index contributed by atoms with van der Waals surface area (Å²) in [5.74, 6) is 0. The fourth-order valence-corrected chi connectivity index (χ4v) is 3.38. The van der Waals surface area contributed by atoms with E-state index in [9.17, 15) is 19.8 Å². The molecule has 0 radical (unpaired) electrons. The second-order valence-electron chi connectivity index (χ2n) is 5.28. The quantitative estimate of drug-likeness (QED) is 0.700. The van der Waals surface area contributed by atoms with E-state index in [1.165, 1.54) is 9.36 Å². The summed E-state index contributed by atoms with van der Waals surface area (Å²) in [6.07, 6.45) is -1.38. The van der Waals surface area contributed by atoms with Crippen LogP contribution in [0.25, 0.3) is 5.69 Å². The highest BCUT2D eigenvalue weighted by Gasteiger charge is 2.53. The maximum absolute atomic E-state index is 12.4. The zero-order valence-corrected chi connectivity index (χ0v) is 10.5. The van der Waals surface area contributed by atoms with Crippen LogP contribution in [0.4, 0.5) is 0 Å². The summed E-state index contributed by atoms with van der Waals surface area (Å²) >= 11 is 0. The number of aliphatic hydroxyl groups excluding tert-OH is 2. The molecule has 0 saturated heterocycles. The third-order valence-electron chi connectivity index (χ3n) is 4.24. The molecule has 1 saturated carbocycles. The molecule has 0 amide bonds. The Hall–Kier alpha value is -2.12. The van der Waals surface area contributed by atoms with Gasteiger partial charge in [0.1, 0.15) is 12.1 Å². The second-order valence-corrected chi connectivity index (χ2v) is 5.28. The van der Waals surface area contributed by atoms with E-state index in [0.717, 1.165) is 4.57 Å². The molecule has 7 nitrogen and oxygen atoms in total. The van der Waals surface area contributed by atoms with Gasteiger partial charge in [-0.1, -0.05) is 18.2 Å². The number of benzene rings is 1. The van der Waals surface area contributed by atoms with Crippen LogP contribution in [0.5, 0.6) is 0 Å². The van der Waals surface area contributed by atoms with Gasteiger partial charge in [-0.3, -0.25) is 0 Å². The molecule has 1 aliphatic carbocycles. The van der Waals surface area contributed by atoms with Gasteiger partial charge in [-0.05, 0) is 12.1 Å². The van der Waals surface area contributed by atoms with Crippen LogP contribution in [0.15, 0.2) is 39.9 Å². The molecule has 104 valence electrons. The van der Waals surface area contributed by atoms with E-state index in [1.54, 1.807) is 30.3 Å². The zero-order valence-electron chi connectivity index (χ0n) is 10.5. The average molecular weight is 275 g/mol. The van der Waals surface area contributed by atoms with Crippen molar-refractivity contribution in [3.63, 3.8) is 0 Å². The van der Waals surface area contributed by atoms with Crippen molar-refractivity contribution in [3.05, 3.63) is 51.3 Å². The first kappa shape index (κ1) is 11.7. The minimum Gasteiger partial charge on any atom is -0.391 e. The second kappa shape index (κ2) is 3.71. The molecule has 2 N–H and O–H groups in total. The van der Waals surface area contributed by atoms with E-state index in [0.29, 0.717) is 12.1 Å². The van der Waals surface area contributed by atoms with Gasteiger partial charge in [0.25, 0.3) is 0 Å². The van der Waals surface area contributed by atoms with E-state index in [-0.39, 0.29) is 0 Å². The van der Waals surface area contributed by atoms with E-state index >= 15 is 0 Å². The molecule has 0 unspecified atom stereocenters. The molecule has 1 aromatic carbocycles. The summed E-state index contributed by atoms with van der Waals surface area (Å²) in [6.45, 7) is 0. The highest BCUT2D eigenvalue weighted by molar-refractivity contribution is 5.31. The highest BCUT2D eigenvalue weighted by atomic mass is 16.3. The van der Waals surface area contributed by atoms with Gasteiger partial charge in [-0.25, -0.2) is 23.5 Å². The number of rotatable bonds is 1. The number of para-hydroxylation sites is 1. The largest absolute Gasteiger partial charge is 0.391 e. The third kappa shape index (κ3) is 1.21. The average Bonchev–Trinajstić information content (AvgIpc) is 2.98. The van der Waals surface area contributed by atoms with Gasteiger partial charge >= 0.3 is 11.4 Å². The SMILES string of the molecule is O=c1n(-c2ccccc2)c(=O)n2n1[C@@H]1[C@@H](O)[C@H]2C[C@H]1O. The number of hydrogen-bond donors (Lipinski definition) is 2. The highest BCUT2D eigenvalue weighted by Crippen LogP contribution is 2.42. The minimum atomic E-state index is -0.879. The van der Waals surface area contributed by atoms with Crippen molar-refractivity contribution >= 4 is 0 Å². The summed E-state index contributed by atoms with van der Waals surface area (Å²) in [5.41, 5.74) is -0.508. The van der Waals surface area contributed by atoms with E-state index < -0.39 is 35.7 Å². The number of aliphatic hydroxyl groups is 2. The molecule has 2 bridgehead atoms. The normalized spacial score (nSPS) is 30.7. The summed E-state index contributed by atoms with van der Waals surface area (Å²) in [6, 6.07) is 7.37. The fraction of sp³-hybridized carbons (Fsp3) is 0.385. The van der Waals surface area contributed by atoms with Gasteiger partial charge in [-0.2, -0.15) is 0 Å². The molecular weight excluding hydrogens is 262 g/mol. The lowest BCUT2D eigenvalue weighted by molar-refractivity contribution is 0.0754. The van der Waals surface area contributed by atoms with Crippen molar-refractivity contribution in [2.45, 2.75) is 30.7 Å². The van der Waals surface area contributed by atoms with Crippen molar-refractivity contribution < 1.29 is 10.2 Å². The molecule has 0 spiro atoms. The van der Waals surface area contributed by atoms with Crippen molar-refractivity contribution in [1.82, 2.24) is 13.9 Å². The lowest BCUT2D eigenvalue weighted by Gasteiger charge is -2.18. The fourth-order valence-electron chi connectivity index (χ4n) is 3.38. The van der Waals surface area contributed by atoms with Crippen molar-refractivity contribution in [2.75, 3.05) is 0 Å². The molecular formula is C13H13N3O4. The summed E-state index contributed by atoms with van der Waals surface area (Å²) in [7, 11) is 0. The van der Waals surface area contributed by atoms with Gasteiger partial charge in [0.05, 0.1) is 17.8 Å². The molecule has 4 atom stereocenters. The van der Waals surface area contributed by atoms with Crippen molar-refractivity contribution in [2.24, 2.45) is 0 Å². The zero-order chi connectivity index (χ0) is 14.0. The van der Waals surface area contributed by atoms with Crippen LogP contribution in [-0.2, 0) is 0 Å². The predicted molar refractivity (Wildman–Crippen MR) is 69.0 cm³/mol. The number of hydrogen-bond acceptors (Lipinski definition) is 4. The standard InChI is InChI=1S/C13H13N3O4/c17-9-6-8-11(18)10(9)16-13(20)14(12(19)15(8)16)7-4-2-1-3-5-7/h1-5,8-11,17-18H,6H2/t8-,9-,10+,11+/m1/s1. The van der Waals surface area contributed by atoms with E-state index in [1.807, 2.05) is 0 Å². The van der Waals surface area contributed by atoms with Gasteiger partial charge in [0, 0.05) is 6.42 Å². The van der Waals surface area contributed by atoms with Gasteiger partial charge in [0.2, 0.25) is 0 Å². The molecule has 1 fully saturated rings. The topological polar surface area (TPSA) is 89.4 Å². The minimum absolute atomic E-state index is 0.296. The van der Waals surface area contributed by atoms with Crippen LogP contribution >= 0.6 is 0 Å². The van der Waals surface area contributed by atoms with Crippen LogP contribution in [-0.4, -0.2) is 36.4 Å². The summed E-state index contributed by atoms with van der Waals surface area (Å²) in [5, 5.41) is 19.9. The maximum atomic E-state index is 12.4. The van der Waals surface area contributed by atoms with E-state index in [2.05, 4.69) is 0 Å². The first-order valence-corrected chi connectivity index (χ1v) is 6.49. The van der Waals surface area contributed by atoms with Crippen LogP contribution in [0.2, 0.25) is 0 Å². The molecule has 2 heterocycles. The molecule has 2 aromatic rings. The number of aromatic nitrogens is 3. The van der Waals surface area contributed by atoms with Crippen LogP contribution < -0.4 is 11.4 Å². The number of nitrogens with zero attached hydrogens (tertiary/aromatic N) is 3. The number of fused-ring (bicyclic) bond motifs is 5. The Morgan fingerprint density at radius 2 is 1.65 bits per heavy atom. The lowest BCUT2D eigenvalue weighted by Crippen LogP contribution is -2.35. The first-order chi connectivity index (χ1) is 9.61. The Bertz CT molecular complexity index is 788. The summed E-state index contributed by atoms with van der Waals surface area (Å²) in [4.78, 5) is 24.9. The Kier molecular flexibility index (Phi) is 2.17. The van der Waals surface area contributed by atoms with Gasteiger partial charge in [0.15, 0.2) is 0 Å². The predicted octanol–water partition coefficient (Wildman–Crippen LogP) is -0.978. The molecule has 1 aromatic heterocycles. The molecule has 4 rings (SSSR count). The Morgan fingerprint density at radius 1 is 1.00 bits per heavy atom. The van der Waals surface area contributed by atoms with Crippen LogP contribution in [0, 0.1) is 0 Å². The monoisotopic (exact) mass is 275 g/mol. The lowest BCUT2D eigenvalue weighted by atomic mass is 10.2. The maximum Gasteiger partial charge on any atom is 0.352 e.